The first kappa shape index (κ1) is 9.90. The molecule has 70 valence electrons. The minimum absolute atomic E-state index is 0.407. The molecule has 0 aliphatic heterocycles. The van der Waals surface area contributed by atoms with Gasteiger partial charge >= 0.3 is 0 Å². The van der Waals surface area contributed by atoms with E-state index in [4.69, 9.17) is 9.47 Å². The van der Waals surface area contributed by atoms with Crippen molar-refractivity contribution < 1.29 is 9.47 Å². The number of rotatable bonds is 5. The molecule has 0 amide bonds. The summed E-state index contributed by atoms with van der Waals surface area (Å²) in [6.45, 7) is 8.33. The number of benzene rings is 1. The van der Waals surface area contributed by atoms with Gasteiger partial charge in [0, 0.05) is 0 Å². The van der Waals surface area contributed by atoms with Crippen molar-refractivity contribution in [3.05, 3.63) is 38.1 Å². The number of hydrogen-bond acceptors (Lipinski definition) is 2. The van der Waals surface area contributed by atoms with Gasteiger partial charge in [0.1, 0.15) is 0 Å². The zero-order valence-corrected chi connectivity index (χ0v) is 7.66. The third-order valence-corrected chi connectivity index (χ3v) is 1.51. The molecule has 0 unspecified atom stereocenters. The predicted octanol–water partition coefficient (Wildman–Crippen LogP) is 2.50. The molecule has 2 heteroatoms. The Bertz CT molecular complexity index is 246. The SMILES string of the molecule is [CH2]CCOc1ccccc1OC[CH2]. The summed E-state index contributed by atoms with van der Waals surface area (Å²) in [5, 5.41) is 0. The minimum Gasteiger partial charge on any atom is -0.490 e. The lowest BCUT2D eigenvalue weighted by Crippen LogP contribution is -1.99. The molecule has 1 rings (SSSR count). The summed E-state index contributed by atoms with van der Waals surface area (Å²) in [7, 11) is 0. The van der Waals surface area contributed by atoms with Crippen LogP contribution < -0.4 is 9.47 Å². The largest absolute Gasteiger partial charge is 0.490 e. The molecule has 0 heterocycles. The van der Waals surface area contributed by atoms with Crippen molar-refractivity contribution in [2.75, 3.05) is 13.2 Å². The van der Waals surface area contributed by atoms with Crippen LogP contribution in [0.25, 0.3) is 0 Å². The van der Waals surface area contributed by atoms with Crippen LogP contribution in [0.3, 0.4) is 0 Å². The topological polar surface area (TPSA) is 18.5 Å². The molecule has 0 aliphatic rings. The maximum absolute atomic E-state index is 5.42. The van der Waals surface area contributed by atoms with Gasteiger partial charge in [-0.1, -0.05) is 12.1 Å². The van der Waals surface area contributed by atoms with Crippen LogP contribution in [0.2, 0.25) is 0 Å². The van der Waals surface area contributed by atoms with E-state index in [1.54, 1.807) is 0 Å². The monoisotopic (exact) mass is 178 g/mol. The van der Waals surface area contributed by atoms with Gasteiger partial charge in [-0.2, -0.15) is 0 Å². The molecule has 2 radical (unpaired) electrons. The summed E-state index contributed by atoms with van der Waals surface area (Å²) in [4.78, 5) is 0. The van der Waals surface area contributed by atoms with E-state index in [0.29, 0.717) is 13.2 Å². The summed E-state index contributed by atoms with van der Waals surface area (Å²) >= 11 is 0. The van der Waals surface area contributed by atoms with Crippen LogP contribution in [0.15, 0.2) is 24.3 Å². The highest BCUT2D eigenvalue weighted by Gasteiger charge is 2.01. The van der Waals surface area contributed by atoms with E-state index in [1.165, 1.54) is 0 Å². The van der Waals surface area contributed by atoms with E-state index in [1.807, 2.05) is 24.3 Å². The molecule has 0 saturated carbocycles. The average Bonchev–Trinajstić information content (AvgIpc) is 2.17. The Hall–Kier alpha value is -1.18. The smallest absolute Gasteiger partial charge is 0.161 e. The zero-order chi connectivity index (χ0) is 9.52. The van der Waals surface area contributed by atoms with Gasteiger partial charge in [0.05, 0.1) is 13.2 Å². The van der Waals surface area contributed by atoms with Gasteiger partial charge in [-0.25, -0.2) is 0 Å². The third-order valence-electron chi connectivity index (χ3n) is 1.51. The van der Waals surface area contributed by atoms with E-state index < -0.39 is 0 Å². The second-order valence-corrected chi connectivity index (χ2v) is 2.50. The van der Waals surface area contributed by atoms with Crippen LogP contribution in [-0.4, -0.2) is 13.2 Å². The lowest BCUT2D eigenvalue weighted by atomic mass is 10.3. The van der Waals surface area contributed by atoms with Crippen molar-refractivity contribution in [1.29, 1.82) is 0 Å². The van der Waals surface area contributed by atoms with Gasteiger partial charge in [-0.05, 0) is 32.4 Å². The quantitative estimate of drug-likeness (QED) is 0.689. The number of para-hydroxylation sites is 2. The molecule has 0 spiro atoms. The highest BCUT2D eigenvalue weighted by atomic mass is 16.5. The van der Waals surface area contributed by atoms with Crippen molar-refractivity contribution >= 4 is 0 Å². The molecule has 13 heavy (non-hydrogen) atoms. The molecule has 1 aromatic rings. The normalized spacial score (nSPS) is 9.69. The fraction of sp³-hybridized carbons (Fsp3) is 0.273. The summed E-state index contributed by atoms with van der Waals surface area (Å²) in [6, 6.07) is 7.56. The summed E-state index contributed by atoms with van der Waals surface area (Å²) in [5.41, 5.74) is 0. The van der Waals surface area contributed by atoms with Crippen LogP contribution in [0, 0.1) is 13.8 Å². The van der Waals surface area contributed by atoms with Crippen molar-refractivity contribution in [2.45, 2.75) is 6.42 Å². The Labute approximate surface area is 79.5 Å². The molecule has 0 atom stereocenters. The standard InChI is InChI=1S/C11H14O2/c1-3-9-13-11-8-6-5-7-10(11)12-4-2/h5-8H,1-4,9H2. The molecule has 0 fully saturated rings. The van der Waals surface area contributed by atoms with Crippen LogP contribution >= 0.6 is 0 Å². The fourth-order valence-electron chi connectivity index (χ4n) is 0.981. The second kappa shape index (κ2) is 5.46. The van der Waals surface area contributed by atoms with Gasteiger partial charge in [0.15, 0.2) is 11.5 Å². The Kier molecular flexibility index (Phi) is 4.16. The van der Waals surface area contributed by atoms with Crippen LogP contribution in [0.5, 0.6) is 11.5 Å². The molecule has 0 saturated heterocycles. The Balaban J connectivity index is 2.66. The van der Waals surface area contributed by atoms with Crippen molar-refractivity contribution in [3.63, 3.8) is 0 Å². The highest BCUT2D eigenvalue weighted by molar-refractivity contribution is 5.39. The average molecular weight is 178 g/mol. The van der Waals surface area contributed by atoms with Crippen molar-refractivity contribution in [3.8, 4) is 11.5 Å². The van der Waals surface area contributed by atoms with E-state index in [2.05, 4.69) is 13.8 Å². The summed E-state index contributed by atoms with van der Waals surface area (Å²) in [5.74, 6) is 1.50. The van der Waals surface area contributed by atoms with Crippen molar-refractivity contribution in [1.82, 2.24) is 0 Å². The maximum Gasteiger partial charge on any atom is 0.161 e. The fourth-order valence-corrected chi connectivity index (χ4v) is 0.981. The molecule has 0 aliphatic carbocycles. The van der Waals surface area contributed by atoms with E-state index in [0.717, 1.165) is 17.9 Å². The van der Waals surface area contributed by atoms with Crippen LogP contribution in [0.1, 0.15) is 6.42 Å². The third kappa shape index (κ3) is 2.98. The number of ether oxygens (including phenoxy) is 2. The van der Waals surface area contributed by atoms with E-state index >= 15 is 0 Å². The van der Waals surface area contributed by atoms with Gasteiger partial charge in [0.2, 0.25) is 0 Å². The Morgan fingerprint density at radius 3 is 2.15 bits per heavy atom. The Morgan fingerprint density at radius 1 is 1.00 bits per heavy atom. The summed E-state index contributed by atoms with van der Waals surface area (Å²) in [6.07, 6.45) is 0.749. The molecule has 0 N–H and O–H groups in total. The maximum atomic E-state index is 5.42. The molecule has 0 aromatic heterocycles. The first-order valence-corrected chi connectivity index (χ1v) is 4.31. The van der Waals surface area contributed by atoms with E-state index in [-0.39, 0.29) is 0 Å². The lowest BCUT2D eigenvalue weighted by molar-refractivity contribution is 0.287. The van der Waals surface area contributed by atoms with E-state index in [9.17, 15) is 0 Å². The zero-order valence-electron chi connectivity index (χ0n) is 7.66. The predicted molar refractivity (Wildman–Crippen MR) is 52.8 cm³/mol. The molecule has 0 bridgehead atoms. The van der Waals surface area contributed by atoms with Gasteiger partial charge in [0.25, 0.3) is 0 Å². The molecular weight excluding hydrogens is 164 g/mol. The van der Waals surface area contributed by atoms with Gasteiger partial charge < -0.3 is 9.47 Å². The molecule has 2 nitrogen and oxygen atoms in total. The molecular formula is C11H14O2. The Morgan fingerprint density at radius 2 is 1.62 bits per heavy atom. The lowest BCUT2D eigenvalue weighted by Gasteiger charge is -2.10. The summed E-state index contributed by atoms with van der Waals surface area (Å²) < 4.78 is 10.7. The van der Waals surface area contributed by atoms with Crippen LogP contribution in [-0.2, 0) is 0 Å². The number of hydrogen-bond donors (Lipinski definition) is 0. The van der Waals surface area contributed by atoms with Gasteiger partial charge in [-0.15, -0.1) is 0 Å². The van der Waals surface area contributed by atoms with Gasteiger partial charge in [-0.3, -0.25) is 0 Å². The molecule has 1 aromatic carbocycles. The first-order valence-electron chi connectivity index (χ1n) is 4.31. The minimum atomic E-state index is 0.407. The van der Waals surface area contributed by atoms with Crippen molar-refractivity contribution in [2.24, 2.45) is 0 Å². The first-order chi connectivity index (χ1) is 6.38. The second-order valence-electron chi connectivity index (χ2n) is 2.50. The van der Waals surface area contributed by atoms with Crippen LogP contribution in [0.4, 0.5) is 0 Å². The highest BCUT2D eigenvalue weighted by Crippen LogP contribution is 2.26.